The van der Waals surface area contributed by atoms with E-state index in [1.165, 1.54) is 0 Å². The van der Waals surface area contributed by atoms with Crippen molar-refractivity contribution in [2.24, 2.45) is 0 Å². The molecular weight excluding hydrogens is 242 g/mol. The van der Waals surface area contributed by atoms with E-state index in [9.17, 15) is 9.59 Å². The van der Waals surface area contributed by atoms with Crippen molar-refractivity contribution in [1.82, 2.24) is 15.2 Å². The highest BCUT2D eigenvalue weighted by atomic mass is 16.2. The van der Waals surface area contributed by atoms with Crippen LogP contribution in [-0.4, -0.2) is 40.8 Å². The minimum absolute atomic E-state index is 0.0441. The molecule has 1 aliphatic rings. The lowest BCUT2D eigenvalue weighted by atomic mass is 10.0. The molecule has 2 heterocycles. The van der Waals surface area contributed by atoms with Crippen LogP contribution in [0.2, 0.25) is 0 Å². The maximum atomic E-state index is 12.2. The molecule has 1 aliphatic heterocycles. The van der Waals surface area contributed by atoms with Gasteiger partial charge < -0.3 is 10.2 Å². The number of aromatic nitrogens is 1. The number of nitrogens with one attached hydrogen (secondary N) is 1. The lowest BCUT2D eigenvalue weighted by molar-refractivity contribution is -0.121. The van der Waals surface area contributed by atoms with Crippen LogP contribution in [0.5, 0.6) is 0 Å². The normalized spacial score (nSPS) is 16.2. The molecule has 2 rings (SSSR count). The van der Waals surface area contributed by atoms with Gasteiger partial charge in [0, 0.05) is 43.5 Å². The summed E-state index contributed by atoms with van der Waals surface area (Å²) in [6, 6.07) is 3.66. The first kappa shape index (κ1) is 13.5. The Balaban J connectivity index is 1.86. The van der Waals surface area contributed by atoms with Crippen molar-refractivity contribution in [2.75, 3.05) is 13.1 Å². The van der Waals surface area contributed by atoms with Crippen molar-refractivity contribution in [3.8, 4) is 0 Å². The lowest BCUT2D eigenvalue weighted by Crippen LogP contribution is -2.46. The van der Waals surface area contributed by atoms with E-state index in [0.29, 0.717) is 25.1 Å². The van der Waals surface area contributed by atoms with E-state index in [4.69, 9.17) is 0 Å². The van der Waals surface area contributed by atoms with E-state index in [-0.39, 0.29) is 17.9 Å². The third kappa shape index (κ3) is 3.53. The van der Waals surface area contributed by atoms with E-state index < -0.39 is 0 Å². The molecule has 0 aliphatic carbocycles. The Morgan fingerprint density at radius 1 is 1.32 bits per heavy atom. The zero-order valence-electron chi connectivity index (χ0n) is 11.1. The standard InChI is InChI=1S/C14H19N3O2/c1-2-13(18)16-12-5-9-17(10-6-12)14(19)11-3-7-15-8-4-11/h3-4,7-8,12H,2,5-6,9-10H2,1H3,(H,16,18). The topological polar surface area (TPSA) is 62.3 Å². The van der Waals surface area contributed by atoms with Gasteiger partial charge in [-0.05, 0) is 25.0 Å². The van der Waals surface area contributed by atoms with Crippen LogP contribution in [0.25, 0.3) is 0 Å². The number of rotatable bonds is 3. The van der Waals surface area contributed by atoms with Crippen molar-refractivity contribution in [3.63, 3.8) is 0 Å². The average Bonchev–Trinajstić information content (AvgIpc) is 2.48. The molecule has 0 bridgehead atoms. The predicted octanol–water partition coefficient (Wildman–Crippen LogP) is 1.21. The zero-order chi connectivity index (χ0) is 13.7. The summed E-state index contributed by atoms with van der Waals surface area (Å²) in [4.78, 5) is 29.3. The number of piperidine rings is 1. The summed E-state index contributed by atoms with van der Waals surface area (Å²) in [5.74, 6) is 0.126. The van der Waals surface area contributed by atoms with Crippen LogP contribution in [0.4, 0.5) is 0 Å². The van der Waals surface area contributed by atoms with Gasteiger partial charge in [0.15, 0.2) is 0 Å². The van der Waals surface area contributed by atoms with Crippen LogP contribution >= 0.6 is 0 Å². The highest BCUT2D eigenvalue weighted by Crippen LogP contribution is 2.13. The van der Waals surface area contributed by atoms with Crippen LogP contribution in [0.1, 0.15) is 36.5 Å². The average molecular weight is 261 g/mol. The molecule has 0 radical (unpaired) electrons. The number of carbonyl (C=O) groups excluding carboxylic acids is 2. The Labute approximate surface area is 113 Å². The van der Waals surface area contributed by atoms with Gasteiger partial charge in [-0.3, -0.25) is 14.6 Å². The number of hydrogen-bond acceptors (Lipinski definition) is 3. The van der Waals surface area contributed by atoms with Crippen LogP contribution in [-0.2, 0) is 4.79 Å². The Kier molecular flexibility index (Phi) is 4.49. The monoisotopic (exact) mass is 261 g/mol. The van der Waals surface area contributed by atoms with E-state index >= 15 is 0 Å². The first-order chi connectivity index (χ1) is 9.20. The van der Waals surface area contributed by atoms with Gasteiger partial charge in [0.05, 0.1) is 0 Å². The zero-order valence-corrected chi connectivity index (χ0v) is 11.1. The molecule has 1 aromatic rings. The predicted molar refractivity (Wildman–Crippen MR) is 71.6 cm³/mol. The third-order valence-corrected chi connectivity index (χ3v) is 3.40. The summed E-state index contributed by atoms with van der Waals surface area (Å²) >= 11 is 0. The van der Waals surface area contributed by atoms with Crippen molar-refractivity contribution in [1.29, 1.82) is 0 Å². The Morgan fingerprint density at radius 2 is 1.95 bits per heavy atom. The molecule has 1 N–H and O–H groups in total. The molecule has 5 nitrogen and oxygen atoms in total. The third-order valence-electron chi connectivity index (χ3n) is 3.40. The molecule has 2 amide bonds. The van der Waals surface area contributed by atoms with Gasteiger partial charge in [0.1, 0.15) is 0 Å². The molecule has 0 unspecified atom stereocenters. The number of carbonyl (C=O) groups is 2. The quantitative estimate of drug-likeness (QED) is 0.889. The highest BCUT2D eigenvalue weighted by molar-refractivity contribution is 5.94. The Hall–Kier alpha value is -1.91. The summed E-state index contributed by atoms with van der Waals surface area (Å²) in [6.45, 7) is 3.23. The molecule has 5 heteroatoms. The minimum atomic E-state index is 0.0441. The molecular formula is C14H19N3O2. The highest BCUT2D eigenvalue weighted by Gasteiger charge is 2.24. The first-order valence-corrected chi connectivity index (χ1v) is 6.69. The second kappa shape index (κ2) is 6.31. The molecule has 0 aromatic carbocycles. The van der Waals surface area contributed by atoms with Crippen LogP contribution < -0.4 is 5.32 Å². The number of pyridine rings is 1. The van der Waals surface area contributed by atoms with Crippen LogP contribution in [0.3, 0.4) is 0 Å². The lowest BCUT2D eigenvalue weighted by Gasteiger charge is -2.32. The van der Waals surface area contributed by atoms with Crippen molar-refractivity contribution >= 4 is 11.8 Å². The Bertz CT molecular complexity index is 439. The summed E-state index contributed by atoms with van der Waals surface area (Å²) in [6.07, 6.45) is 5.41. The fourth-order valence-corrected chi connectivity index (χ4v) is 2.23. The summed E-state index contributed by atoms with van der Waals surface area (Å²) in [5, 5.41) is 2.98. The number of amides is 2. The molecule has 1 aromatic heterocycles. The van der Waals surface area contributed by atoms with Crippen molar-refractivity contribution in [3.05, 3.63) is 30.1 Å². The van der Waals surface area contributed by atoms with Gasteiger partial charge in [-0.2, -0.15) is 0 Å². The number of likely N-dealkylation sites (tertiary alicyclic amines) is 1. The van der Waals surface area contributed by atoms with Gasteiger partial charge in [-0.1, -0.05) is 6.92 Å². The van der Waals surface area contributed by atoms with E-state index in [0.717, 1.165) is 12.8 Å². The minimum Gasteiger partial charge on any atom is -0.353 e. The summed E-state index contributed by atoms with van der Waals surface area (Å²) < 4.78 is 0. The van der Waals surface area contributed by atoms with Crippen LogP contribution in [0, 0.1) is 0 Å². The molecule has 0 atom stereocenters. The Morgan fingerprint density at radius 3 is 2.53 bits per heavy atom. The van der Waals surface area contributed by atoms with Gasteiger partial charge in [0.2, 0.25) is 5.91 Å². The van der Waals surface area contributed by atoms with E-state index in [2.05, 4.69) is 10.3 Å². The molecule has 0 spiro atoms. The summed E-state index contributed by atoms with van der Waals surface area (Å²) in [5.41, 5.74) is 0.672. The number of hydrogen-bond donors (Lipinski definition) is 1. The fourth-order valence-electron chi connectivity index (χ4n) is 2.23. The molecule has 102 valence electrons. The van der Waals surface area contributed by atoms with Gasteiger partial charge in [0.25, 0.3) is 5.91 Å². The maximum absolute atomic E-state index is 12.2. The van der Waals surface area contributed by atoms with Gasteiger partial charge in [-0.15, -0.1) is 0 Å². The van der Waals surface area contributed by atoms with Crippen molar-refractivity contribution in [2.45, 2.75) is 32.2 Å². The van der Waals surface area contributed by atoms with Gasteiger partial charge in [-0.25, -0.2) is 0 Å². The SMILES string of the molecule is CCC(=O)NC1CCN(C(=O)c2ccncc2)CC1. The first-order valence-electron chi connectivity index (χ1n) is 6.69. The van der Waals surface area contributed by atoms with Crippen molar-refractivity contribution < 1.29 is 9.59 Å². The smallest absolute Gasteiger partial charge is 0.253 e. The molecule has 1 saturated heterocycles. The van der Waals surface area contributed by atoms with Gasteiger partial charge >= 0.3 is 0 Å². The number of nitrogens with zero attached hydrogens (tertiary/aromatic N) is 2. The molecule has 0 saturated carbocycles. The van der Waals surface area contributed by atoms with E-state index in [1.807, 2.05) is 11.8 Å². The largest absolute Gasteiger partial charge is 0.353 e. The molecule has 19 heavy (non-hydrogen) atoms. The van der Waals surface area contributed by atoms with Crippen LogP contribution in [0.15, 0.2) is 24.5 Å². The second-order valence-corrected chi connectivity index (χ2v) is 4.72. The fraction of sp³-hybridized carbons (Fsp3) is 0.500. The summed E-state index contributed by atoms with van der Waals surface area (Å²) in [7, 11) is 0. The second-order valence-electron chi connectivity index (χ2n) is 4.72. The maximum Gasteiger partial charge on any atom is 0.253 e. The molecule has 1 fully saturated rings. The van der Waals surface area contributed by atoms with E-state index in [1.54, 1.807) is 24.5 Å².